The first kappa shape index (κ1) is 10.7. The maximum absolute atomic E-state index is 3.47. The van der Waals surface area contributed by atoms with Gasteiger partial charge in [0.2, 0.25) is 0 Å². The summed E-state index contributed by atoms with van der Waals surface area (Å²) in [6.07, 6.45) is 3.93. The second kappa shape index (κ2) is 5.32. The molecule has 0 spiro atoms. The Morgan fingerprint density at radius 1 is 1.33 bits per heavy atom. The van der Waals surface area contributed by atoms with Crippen LogP contribution in [-0.2, 0) is 6.42 Å². The summed E-state index contributed by atoms with van der Waals surface area (Å²) >= 11 is 0. The molecule has 1 heteroatoms. The average molecular weight is 203 g/mol. The predicted molar refractivity (Wildman–Crippen MR) is 64.9 cm³/mol. The summed E-state index contributed by atoms with van der Waals surface area (Å²) in [5, 5.41) is 3.47. The van der Waals surface area contributed by atoms with E-state index in [2.05, 4.69) is 42.6 Å². The minimum absolute atomic E-state index is 0.863. The van der Waals surface area contributed by atoms with Gasteiger partial charge in [0.25, 0.3) is 0 Å². The molecule has 1 aromatic rings. The van der Waals surface area contributed by atoms with Crippen molar-refractivity contribution in [3.05, 3.63) is 35.9 Å². The average Bonchev–Trinajstić information content (AvgIpc) is 2.81. The van der Waals surface area contributed by atoms with Crippen LogP contribution in [0.2, 0.25) is 0 Å². The fourth-order valence-corrected chi connectivity index (χ4v) is 2.64. The molecule has 82 valence electrons. The minimum atomic E-state index is 0.863. The Bertz CT molecular complexity index is 275. The third kappa shape index (κ3) is 2.82. The molecule has 0 bridgehead atoms. The van der Waals surface area contributed by atoms with Crippen LogP contribution < -0.4 is 5.32 Å². The first-order valence-electron chi connectivity index (χ1n) is 6.14. The highest BCUT2D eigenvalue weighted by molar-refractivity contribution is 5.15. The molecule has 1 aliphatic heterocycles. The van der Waals surface area contributed by atoms with Crippen LogP contribution in [0.1, 0.15) is 25.3 Å². The van der Waals surface area contributed by atoms with Crippen LogP contribution in [0.15, 0.2) is 30.3 Å². The van der Waals surface area contributed by atoms with Crippen molar-refractivity contribution in [3.8, 4) is 0 Å². The van der Waals surface area contributed by atoms with Crippen LogP contribution in [-0.4, -0.2) is 13.1 Å². The molecule has 0 radical (unpaired) electrons. The van der Waals surface area contributed by atoms with Gasteiger partial charge in [-0.2, -0.15) is 0 Å². The molecule has 15 heavy (non-hydrogen) atoms. The van der Waals surface area contributed by atoms with E-state index in [1.54, 1.807) is 0 Å². The third-order valence-electron chi connectivity index (χ3n) is 3.63. The van der Waals surface area contributed by atoms with Gasteiger partial charge in [-0.15, -0.1) is 0 Å². The third-order valence-corrected chi connectivity index (χ3v) is 3.63. The Hall–Kier alpha value is -0.820. The predicted octanol–water partition coefficient (Wildman–Crippen LogP) is 2.86. The highest BCUT2D eigenvalue weighted by atomic mass is 14.9. The topological polar surface area (TPSA) is 12.0 Å². The molecule has 1 nitrogen and oxygen atoms in total. The molecule has 0 aliphatic carbocycles. The molecule has 1 heterocycles. The number of hydrogen-bond acceptors (Lipinski definition) is 1. The maximum Gasteiger partial charge on any atom is -0.00173 e. The zero-order valence-corrected chi connectivity index (χ0v) is 9.58. The molecular formula is C14H21N. The van der Waals surface area contributed by atoms with Crippen molar-refractivity contribution < 1.29 is 0 Å². The fraction of sp³-hybridized carbons (Fsp3) is 0.571. The van der Waals surface area contributed by atoms with Crippen molar-refractivity contribution in [1.29, 1.82) is 0 Å². The lowest BCUT2D eigenvalue weighted by atomic mass is 9.84. The molecule has 2 rings (SSSR count). The normalized spacial score (nSPS) is 22.9. The molecule has 2 unspecified atom stereocenters. The van der Waals surface area contributed by atoms with E-state index in [4.69, 9.17) is 0 Å². The second-order valence-corrected chi connectivity index (χ2v) is 4.61. The van der Waals surface area contributed by atoms with Crippen LogP contribution in [0.3, 0.4) is 0 Å². The Morgan fingerprint density at radius 3 is 2.73 bits per heavy atom. The quantitative estimate of drug-likeness (QED) is 0.793. The second-order valence-electron chi connectivity index (χ2n) is 4.61. The molecule has 1 N–H and O–H groups in total. The molecule has 1 aliphatic rings. The molecular weight excluding hydrogens is 182 g/mol. The molecule has 0 amide bonds. The summed E-state index contributed by atoms with van der Waals surface area (Å²) in [5.41, 5.74) is 1.50. The van der Waals surface area contributed by atoms with Crippen molar-refractivity contribution in [2.45, 2.75) is 26.2 Å². The highest BCUT2D eigenvalue weighted by Gasteiger charge is 2.23. The first-order valence-corrected chi connectivity index (χ1v) is 6.14. The van der Waals surface area contributed by atoms with Gasteiger partial charge in [0.1, 0.15) is 0 Å². The van der Waals surface area contributed by atoms with Crippen molar-refractivity contribution >= 4 is 0 Å². The van der Waals surface area contributed by atoms with E-state index in [9.17, 15) is 0 Å². The largest absolute Gasteiger partial charge is 0.316 e. The number of hydrogen-bond donors (Lipinski definition) is 1. The van der Waals surface area contributed by atoms with Crippen LogP contribution in [0.5, 0.6) is 0 Å². The van der Waals surface area contributed by atoms with Crippen molar-refractivity contribution in [2.24, 2.45) is 11.8 Å². The Kier molecular flexibility index (Phi) is 3.79. The van der Waals surface area contributed by atoms with Gasteiger partial charge in [0.15, 0.2) is 0 Å². The van der Waals surface area contributed by atoms with Gasteiger partial charge in [-0.3, -0.25) is 0 Å². The van der Waals surface area contributed by atoms with Gasteiger partial charge in [-0.25, -0.2) is 0 Å². The molecule has 1 saturated heterocycles. The maximum atomic E-state index is 3.47. The summed E-state index contributed by atoms with van der Waals surface area (Å²) in [5.74, 6) is 1.76. The number of rotatable bonds is 4. The zero-order chi connectivity index (χ0) is 10.5. The fourth-order valence-electron chi connectivity index (χ4n) is 2.64. The Labute approximate surface area is 92.9 Å². The van der Waals surface area contributed by atoms with E-state index in [-0.39, 0.29) is 0 Å². The van der Waals surface area contributed by atoms with E-state index in [1.165, 1.54) is 37.9 Å². The highest BCUT2D eigenvalue weighted by Crippen LogP contribution is 2.25. The molecule has 1 fully saturated rings. The minimum Gasteiger partial charge on any atom is -0.316 e. The van der Waals surface area contributed by atoms with E-state index < -0.39 is 0 Å². The summed E-state index contributed by atoms with van der Waals surface area (Å²) in [6.45, 7) is 4.77. The molecule has 0 saturated carbocycles. The number of nitrogens with one attached hydrogen (secondary N) is 1. The van der Waals surface area contributed by atoms with E-state index in [0.717, 1.165) is 11.8 Å². The lowest BCUT2D eigenvalue weighted by molar-refractivity contribution is 0.344. The Balaban J connectivity index is 1.96. The van der Waals surface area contributed by atoms with Crippen LogP contribution >= 0.6 is 0 Å². The lowest BCUT2D eigenvalue weighted by Crippen LogP contribution is -2.19. The Morgan fingerprint density at radius 2 is 2.13 bits per heavy atom. The zero-order valence-electron chi connectivity index (χ0n) is 9.58. The smallest absolute Gasteiger partial charge is 0.00173 e. The summed E-state index contributed by atoms with van der Waals surface area (Å²) in [4.78, 5) is 0. The van der Waals surface area contributed by atoms with Gasteiger partial charge in [0, 0.05) is 0 Å². The summed E-state index contributed by atoms with van der Waals surface area (Å²) < 4.78 is 0. The van der Waals surface area contributed by atoms with Crippen LogP contribution in [0, 0.1) is 11.8 Å². The summed E-state index contributed by atoms with van der Waals surface area (Å²) in [6, 6.07) is 10.9. The SMILES string of the molecule is CCC(Cc1ccccc1)C1CCNC1. The van der Waals surface area contributed by atoms with E-state index in [0.29, 0.717) is 0 Å². The molecule has 0 aromatic heterocycles. The number of benzene rings is 1. The van der Waals surface area contributed by atoms with Crippen LogP contribution in [0.4, 0.5) is 0 Å². The van der Waals surface area contributed by atoms with Crippen molar-refractivity contribution in [3.63, 3.8) is 0 Å². The monoisotopic (exact) mass is 203 g/mol. The summed E-state index contributed by atoms with van der Waals surface area (Å²) in [7, 11) is 0. The molecule has 1 aromatic carbocycles. The lowest BCUT2D eigenvalue weighted by Gasteiger charge is -2.21. The standard InChI is InChI=1S/C14H21N/c1-2-13(14-8-9-15-11-14)10-12-6-4-3-5-7-12/h3-7,13-15H,2,8-11H2,1H3. The van der Waals surface area contributed by atoms with Gasteiger partial charge >= 0.3 is 0 Å². The van der Waals surface area contributed by atoms with Gasteiger partial charge < -0.3 is 5.32 Å². The first-order chi connectivity index (χ1) is 7.40. The van der Waals surface area contributed by atoms with Crippen LogP contribution in [0.25, 0.3) is 0 Å². The van der Waals surface area contributed by atoms with Crippen molar-refractivity contribution in [1.82, 2.24) is 5.32 Å². The molecule has 2 atom stereocenters. The van der Waals surface area contributed by atoms with E-state index >= 15 is 0 Å². The van der Waals surface area contributed by atoms with Gasteiger partial charge in [0.05, 0.1) is 0 Å². The van der Waals surface area contributed by atoms with Gasteiger partial charge in [-0.1, -0.05) is 43.7 Å². The van der Waals surface area contributed by atoms with Gasteiger partial charge in [-0.05, 0) is 43.3 Å². The van der Waals surface area contributed by atoms with Crippen molar-refractivity contribution in [2.75, 3.05) is 13.1 Å². The van der Waals surface area contributed by atoms with E-state index in [1.807, 2.05) is 0 Å².